The fraction of sp³-hybridized carbons (Fsp3) is 0.833. The van der Waals surface area contributed by atoms with Crippen LogP contribution < -0.4 is 10.4 Å². The summed E-state index contributed by atoms with van der Waals surface area (Å²) in [6, 6.07) is -0.287. The van der Waals surface area contributed by atoms with E-state index in [0.29, 0.717) is 0 Å². The van der Waals surface area contributed by atoms with Crippen LogP contribution in [0.4, 0.5) is 0 Å². The second-order valence-electron chi connectivity index (χ2n) is 2.64. The van der Waals surface area contributed by atoms with Crippen LogP contribution in [0, 0.1) is 5.92 Å². The molecule has 0 bridgehead atoms. The molecule has 3 heteroatoms. The van der Waals surface area contributed by atoms with Gasteiger partial charge in [0.25, 0.3) is 0 Å². The zero-order valence-electron chi connectivity index (χ0n) is 5.46. The molecule has 1 saturated heterocycles. The minimum atomic E-state index is -0.917. The maximum Gasteiger partial charge on any atom is 0.129 e. The molecule has 1 rings (SSSR count). The number of rotatable bonds is 1. The lowest BCUT2D eigenvalue weighted by Gasteiger charge is -2.11. The number of hydrogen-bond donors (Lipinski definition) is 1. The highest BCUT2D eigenvalue weighted by molar-refractivity contribution is 5.69. The number of carbonyl (C=O) groups excluding carboxylic acids is 1. The lowest BCUT2D eigenvalue weighted by molar-refractivity contribution is -0.667. The maximum absolute atomic E-state index is 10.3. The lowest BCUT2D eigenvalue weighted by Crippen LogP contribution is -2.90. The third kappa shape index (κ3) is 1.21. The lowest BCUT2D eigenvalue weighted by atomic mass is 10.0. The molecule has 9 heavy (non-hydrogen) atoms. The van der Waals surface area contributed by atoms with E-state index in [-0.39, 0.29) is 12.0 Å². The highest BCUT2D eigenvalue weighted by Crippen LogP contribution is 2.06. The molecule has 0 spiro atoms. The highest BCUT2D eigenvalue weighted by Gasteiger charge is 2.27. The van der Waals surface area contributed by atoms with Crippen LogP contribution in [0.2, 0.25) is 0 Å². The van der Waals surface area contributed by atoms with Crippen LogP contribution in [-0.2, 0) is 4.79 Å². The first-order valence-corrected chi connectivity index (χ1v) is 3.26. The van der Waals surface area contributed by atoms with E-state index in [4.69, 9.17) is 0 Å². The first-order valence-electron chi connectivity index (χ1n) is 3.26. The fourth-order valence-corrected chi connectivity index (χ4v) is 1.28. The fourth-order valence-electron chi connectivity index (χ4n) is 1.28. The van der Waals surface area contributed by atoms with Crippen molar-refractivity contribution in [2.75, 3.05) is 6.54 Å². The van der Waals surface area contributed by atoms with Gasteiger partial charge in [-0.05, 0) is 0 Å². The van der Waals surface area contributed by atoms with Gasteiger partial charge in [-0.2, -0.15) is 0 Å². The van der Waals surface area contributed by atoms with Gasteiger partial charge in [0.1, 0.15) is 6.04 Å². The molecule has 0 amide bonds. The van der Waals surface area contributed by atoms with Gasteiger partial charge in [-0.1, -0.05) is 6.92 Å². The zero-order chi connectivity index (χ0) is 6.85. The Labute approximate surface area is 54.1 Å². The molecule has 2 atom stereocenters. The molecular formula is C6H11NO2. The molecule has 1 aliphatic heterocycles. The SMILES string of the molecule is C[C@@H]1CC[NH2+][C@@H]1C(=O)[O-]. The minimum absolute atomic E-state index is 0.287. The predicted molar refractivity (Wildman–Crippen MR) is 29.4 cm³/mol. The second kappa shape index (κ2) is 2.35. The van der Waals surface area contributed by atoms with E-state index in [1.54, 1.807) is 0 Å². The van der Waals surface area contributed by atoms with E-state index in [9.17, 15) is 9.90 Å². The van der Waals surface area contributed by atoms with Crippen LogP contribution in [0.15, 0.2) is 0 Å². The van der Waals surface area contributed by atoms with Crippen molar-refractivity contribution in [1.29, 1.82) is 0 Å². The largest absolute Gasteiger partial charge is 0.544 e. The summed E-state index contributed by atoms with van der Waals surface area (Å²) in [5.41, 5.74) is 0. The average molecular weight is 129 g/mol. The molecule has 1 heterocycles. The molecule has 52 valence electrons. The monoisotopic (exact) mass is 129 g/mol. The molecule has 1 aliphatic rings. The van der Waals surface area contributed by atoms with Crippen molar-refractivity contribution >= 4 is 5.97 Å². The molecule has 0 aromatic rings. The van der Waals surface area contributed by atoms with E-state index >= 15 is 0 Å². The van der Waals surface area contributed by atoms with Crippen LogP contribution in [-0.4, -0.2) is 18.6 Å². The van der Waals surface area contributed by atoms with Crippen LogP contribution >= 0.6 is 0 Å². The Morgan fingerprint density at radius 1 is 1.78 bits per heavy atom. The van der Waals surface area contributed by atoms with Gasteiger partial charge in [-0.25, -0.2) is 0 Å². The van der Waals surface area contributed by atoms with Crippen molar-refractivity contribution in [2.45, 2.75) is 19.4 Å². The van der Waals surface area contributed by atoms with Gasteiger partial charge >= 0.3 is 0 Å². The van der Waals surface area contributed by atoms with Gasteiger partial charge in [-0.15, -0.1) is 0 Å². The van der Waals surface area contributed by atoms with Crippen LogP contribution in [0.1, 0.15) is 13.3 Å². The summed E-state index contributed by atoms with van der Waals surface area (Å²) in [5.74, 6) is -0.630. The van der Waals surface area contributed by atoms with Crippen molar-refractivity contribution in [1.82, 2.24) is 0 Å². The van der Waals surface area contributed by atoms with Gasteiger partial charge in [-0.3, -0.25) is 0 Å². The molecule has 3 nitrogen and oxygen atoms in total. The Balaban J connectivity index is 2.49. The third-order valence-corrected chi connectivity index (χ3v) is 1.93. The van der Waals surface area contributed by atoms with Gasteiger partial charge in [0.05, 0.1) is 12.5 Å². The highest BCUT2D eigenvalue weighted by atomic mass is 16.4. The molecule has 0 aromatic carbocycles. The van der Waals surface area contributed by atoms with E-state index in [1.165, 1.54) is 0 Å². The Kier molecular flexibility index (Phi) is 1.71. The van der Waals surface area contributed by atoms with E-state index in [0.717, 1.165) is 13.0 Å². The minimum Gasteiger partial charge on any atom is -0.544 e. The molecule has 1 fully saturated rings. The molecule has 0 saturated carbocycles. The summed E-state index contributed by atoms with van der Waals surface area (Å²) >= 11 is 0. The smallest absolute Gasteiger partial charge is 0.129 e. The Hall–Kier alpha value is -0.570. The molecular weight excluding hydrogens is 118 g/mol. The third-order valence-electron chi connectivity index (χ3n) is 1.93. The first kappa shape index (κ1) is 6.55. The molecule has 2 N–H and O–H groups in total. The van der Waals surface area contributed by atoms with Gasteiger partial charge in [0, 0.05) is 12.3 Å². The summed E-state index contributed by atoms with van der Waals surface area (Å²) < 4.78 is 0. The van der Waals surface area contributed by atoms with Crippen LogP contribution in [0.3, 0.4) is 0 Å². The standard InChI is InChI=1S/C6H11NO2/c1-4-2-3-7-5(4)6(8)9/h4-5,7H,2-3H2,1H3,(H,8,9)/t4-,5+/m1/s1. The Morgan fingerprint density at radius 2 is 2.44 bits per heavy atom. The quantitative estimate of drug-likeness (QED) is 0.433. The Bertz CT molecular complexity index is 124. The summed E-state index contributed by atoms with van der Waals surface area (Å²) in [6.07, 6.45) is 0.999. The van der Waals surface area contributed by atoms with Gasteiger partial charge in [0.2, 0.25) is 0 Å². The average Bonchev–Trinajstić information content (AvgIpc) is 2.13. The van der Waals surface area contributed by atoms with Gasteiger partial charge < -0.3 is 15.2 Å². The van der Waals surface area contributed by atoms with Crippen LogP contribution in [0.25, 0.3) is 0 Å². The van der Waals surface area contributed by atoms with Gasteiger partial charge in [0.15, 0.2) is 0 Å². The zero-order valence-corrected chi connectivity index (χ0v) is 5.46. The number of quaternary nitrogens is 1. The van der Waals surface area contributed by atoms with Crippen LogP contribution in [0.5, 0.6) is 0 Å². The number of carboxylic acids is 1. The van der Waals surface area contributed by atoms with E-state index < -0.39 is 5.97 Å². The second-order valence-corrected chi connectivity index (χ2v) is 2.64. The molecule has 0 aliphatic carbocycles. The van der Waals surface area contributed by atoms with Crippen molar-refractivity contribution in [3.8, 4) is 0 Å². The van der Waals surface area contributed by atoms with E-state index in [1.807, 2.05) is 12.2 Å². The summed E-state index contributed by atoms with van der Waals surface area (Å²) in [5, 5.41) is 12.1. The number of nitrogens with two attached hydrogens (primary N) is 1. The van der Waals surface area contributed by atoms with E-state index in [2.05, 4.69) is 0 Å². The number of aliphatic carboxylic acids is 1. The number of carboxylic acid groups (broad SMARTS) is 1. The topological polar surface area (TPSA) is 56.7 Å². The van der Waals surface area contributed by atoms with Crippen molar-refractivity contribution in [2.24, 2.45) is 5.92 Å². The van der Waals surface area contributed by atoms with Crippen molar-refractivity contribution in [3.05, 3.63) is 0 Å². The summed E-state index contributed by atoms with van der Waals surface area (Å²) in [4.78, 5) is 10.3. The Morgan fingerprint density at radius 3 is 2.67 bits per heavy atom. The first-order chi connectivity index (χ1) is 4.22. The number of hydrogen-bond acceptors (Lipinski definition) is 2. The normalized spacial score (nSPS) is 34.8. The molecule has 0 radical (unpaired) electrons. The van der Waals surface area contributed by atoms with Crippen molar-refractivity contribution in [3.63, 3.8) is 0 Å². The molecule has 0 unspecified atom stereocenters. The number of carbonyl (C=O) groups is 1. The maximum atomic E-state index is 10.3. The summed E-state index contributed by atoms with van der Waals surface area (Å²) in [7, 11) is 0. The summed E-state index contributed by atoms with van der Waals surface area (Å²) in [6.45, 7) is 2.88. The van der Waals surface area contributed by atoms with Crippen molar-refractivity contribution < 1.29 is 15.2 Å². The molecule has 0 aromatic heterocycles. The predicted octanol–water partition coefficient (Wildman–Crippen LogP) is -2.29.